The molecule has 1 aliphatic heterocycles. The number of imide groups is 1. The lowest BCUT2D eigenvalue weighted by Crippen LogP contribution is -2.31. The summed E-state index contributed by atoms with van der Waals surface area (Å²) in [5, 5.41) is 0.142. The number of anilines is 1. The average Bonchev–Trinajstić information content (AvgIpc) is 2.78. The van der Waals surface area contributed by atoms with E-state index in [0.29, 0.717) is 16.0 Å². The van der Waals surface area contributed by atoms with E-state index in [9.17, 15) is 14.0 Å². The Hall–Kier alpha value is -2.40. The maximum Gasteiger partial charge on any atom is 0.272 e. The van der Waals surface area contributed by atoms with Crippen molar-refractivity contribution in [3.8, 4) is 0 Å². The van der Waals surface area contributed by atoms with Gasteiger partial charge < -0.3 is 0 Å². The van der Waals surface area contributed by atoms with Gasteiger partial charge in [-0.1, -0.05) is 50.2 Å². The monoisotopic (exact) mass is 341 g/mol. The number of thioether (sulfide) groups is 1. The maximum atomic E-state index is 13.5. The molecule has 122 valence electrons. The highest BCUT2D eigenvalue weighted by molar-refractivity contribution is 8.04. The molecule has 1 heterocycles. The summed E-state index contributed by atoms with van der Waals surface area (Å²) < 4.78 is 13.5. The van der Waals surface area contributed by atoms with Crippen LogP contribution in [0.2, 0.25) is 0 Å². The molecule has 0 radical (unpaired) electrons. The van der Waals surface area contributed by atoms with E-state index in [1.807, 2.05) is 32.0 Å². The zero-order chi connectivity index (χ0) is 17.3. The zero-order valence-electron chi connectivity index (χ0n) is 13.3. The van der Waals surface area contributed by atoms with E-state index in [1.54, 1.807) is 18.2 Å². The van der Waals surface area contributed by atoms with E-state index in [4.69, 9.17) is 0 Å². The van der Waals surface area contributed by atoms with Crippen molar-refractivity contribution in [3.05, 3.63) is 70.9 Å². The first-order chi connectivity index (χ1) is 11.5. The van der Waals surface area contributed by atoms with Crippen LogP contribution in [0.5, 0.6) is 0 Å². The molecule has 0 aromatic heterocycles. The van der Waals surface area contributed by atoms with Gasteiger partial charge in [0.2, 0.25) is 0 Å². The number of hydrogen-bond donors (Lipinski definition) is 0. The molecule has 0 saturated heterocycles. The molecule has 3 rings (SSSR count). The van der Waals surface area contributed by atoms with Crippen molar-refractivity contribution in [2.45, 2.75) is 19.1 Å². The second-order valence-electron chi connectivity index (χ2n) is 5.66. The van der Waals surface area contributed by atoms with Crippen LogP contribution in [-0.4, -0.2) is 17.1 Å². The first-order valence-electron chi connectivity index (χ1n) is 7.59. The highest BCUT2D eigenvalue weighted by atomic mass is 32.2. The summed E-state index contributed by atoms with van der Waals surface area (Å²) in [5.74, 6) is -1.30. The normalized spacial score (nSPS) is 14.9. The highest BCUT2D eigenvalue weighted by Crippen LogP contribution is 2.39. The summed E-state index contributed by atoms with van der Waals surface area (Å²) in [6, 6.07) is 14.6. The third-order valence-electron chi connectivity index (χ3n) is 3.52. The molecule has 24 heavy (non-hydrogen) atoms. The number of halogens is 1. The van der Waals surface area contributed by atoms with Crippen molar-refractivity contribution in [3.63, 3.8) is 0 Å². The number of amides is 2. The van der Waals surface area contributed by atoms with Crippen molar-refractivity contribution in [1.29, 1.82) is 0 Å². The van der Waals surface area contributed by atoms with Gasteiger partial charge in [0.05, 0.1) is 16.2 Å². The molecule has 1 aliphatic rings. The van der Waals surface area contributed by atoms with Crippen LogP contribution in [-0.2, 0) is 9.59 Å². The molecule has 0 bridgehead atoms. The van der Waals surface area contributed by atoms with E-state index in [2.05, 4.69) is 0 Å². The molecule has 2 aromatic carbocycles. The van der Waals surface area contributed by atoms with Crippen molar-refractivity contribution < 1.29 is 14.0 Å². The number of rotatable bonds is 4. The number of carbonyl (C=O) groups excluding carboxylic acids is 2. The molecule has 5 heteroatoms. The summed E-state index contributed by atoms with van der Waals surface area (Å²) in [6.45, 7) is 3.92. The van der Waals surface area contributed by atoms with Crippen molar-refractivity contribution in [1.82, 2.24) is 0 Å². The molecule has 0 unspecified atom stereocenters. The zero-order valence-corrected chi connectivity index (χ0v) is 14.1. The smallest absolute Gasteiger partial charge is 0.268 e. The van der Waals surface area contributed by atoms with Crippen molar-refractivity contribution in [2.24, 2.45) is 0 Å². The second kappa shape index (κ2) is 6.61. The van der Waals surface area contributed by atoms with Crippen LogP contribution in [0.1, 0.15) is 19.4 Å². The third-order valence-corrected chi connectivity index (χ3v) is 4.61. The highest BCUT2D eigenvalue weighted by Gasteiger charge is 2.40. The number of hydrogen-bond acceptors (Lipinski definition) is 3. The predicted octanol–water partition coefficient (Wildman–Crippen LogP) is 4.25. The van der Waals surface area contributed by atoms with Crippen LogP contribution in [0.25, 0.3) is 5.57 Å². The Labute approximate surface area is 144 Å². The van der Waals surface area contributed by atoms with Gasteiger partial charge in [0.1, 0.15) is 5.82 Å². The lowest BCUT2D eigenvalue weighted by atomic mass is 10.1. The lowest BCUT2D eigenvalue weighted by molar-refractivity contribution is -0.119. The van der Waals surface area contributed by atoms with Crippen LogP contribution < -0.4 is 4.90 Å². The van der Waals surface area contributed by atoms with Gasteiger partial charge in [0.25, 0.3) is 11.8 Å². The molecule has 0 N–H and O–H groups in total. The fourth-order valence-corrected chi connectivity index (χ4v) is 3.55. The molecule has 0 spiro atoms. The summed E-state index contributed by atoms with van der Waals surface area (Å²) in [6.07, 6.45) is 0. The molecular formula is C19H16FNO2S. The fraction of sp³-hybridized carbons (Fsp3) is 0.158. The number of carbonyl (C=O) groups is 2. The number of benzene rings is 2. The fourth-order valence-electron chi connectivity index (χ4n) is 2.56. The molecule has 0 aliphatic carbocycles. The second-order valence-corrected chi connectivity index (χ2v) is 7.25. The molecule has 3 nitrogen and oxygen atoms in total. The Kier molecular flexibility index (Phi) is 4.53. The van der Waals surface area contributed by atoms with Gasteiger partial charge in [-0.25, -0.2) is 9.29 Å². The van der Waals surface area contributed by atoms with Crippen LogP contribution in [0.4, 0.5) is 10.1 Å². The van der Waals surface area contributed by atoms with Gasteiger partial charge in [-0.3, -0.25) is 9.59 Å². The SMILES string of the molecule is CC(C)SC1=C(c2ccccc2)C(=O)N(c2cccc(F)c2)C1=O. The van der Waals surface area contributed by atoms with E-state index < -0.39 is 17.6 Å². The number of nitrogens with zero attached hydrogens (tertiary/aromatic N) is 1. The largest absolute Gasteiger partial charge is 0.272 e. The van der Waals surface area contributed by atoms with Gasteiger partial charge >= 0.3 is 0 Å². The summed E-state index contributed by atoms with van der Waals surface area (Å²) in [5.41, 5.74) is 1.32. The van der Waals surface area contributed by atoms with Crippen LogP contribution in [0.3, 0.4) is 0 Å². The minimum absolute atomic E-state index is 0.142. The minimum Gasteiger partial charge on any atom is -0.268 e. The first-order valence-corrected chi connectivity index (χ1v) is 8.47. The molecule has 0 fully saturated rings. The molecular weight excluding hydrogens is 325 g/mol. The summed E-state index contributed by atoms with van der Waals surface area (Å²) in [4.78, 5) is 27.2. The Morgan fingerprint density at radius 2 is 1.67 bits per heavy atom. The third kappa shape index (κ3) is 2.99. The maximum absolute atomic E-state index is 13.5. The Morgan fingerprint density at radius 1 is 0.958 bits per heavy atom. The molecule has 0 saturated carbocycles. The van der Waals surface area contributed by atoms with Crippen LogP contribution in [0, 0.1) is 5.82 Å². The predicted molar refractivity (Wildman–Crippen MR) is 95.0 cm³/mol. The lowest BCUT2D eigenvalue weighted by Gasteiger charge is -2.15. The standard InChI is InChI=1S/C19H16FNO2S/c1-12(2)24-17-16(13-7-4-3-5-8-13)18(22)21(19(17)23)15-10-6-9-14(20)11-15/h3-12H,1-2H3. The Morgan fingerprint density at radius 3 is 2.29 bits per heavy atom. The van der Waals surface area contributed by atoms with Crippen LogP contribution in [0.15, 0.2) is 59.5 Å². The molecule has 2 aromatic rings. The molecule has 0 atom stereocenters. The van der Waals surface area contributed by atoms with E-state index in [0.717, 1.165) is 4.90 Å². The van der Waals surface area contributed by atoms with Crippen molar-refractivity contribution in [2.75, 3.05) is 4.90 Å². The van der Waals surface area contributed by atoms with E-state index in [1.165, 1.54) is 30.0 Å². The van der Waals surface area contributed by atoms with Gasteiger partial charge in [0.15, 0.2) is 0 Å². The van der Waals surface area contributed by atoms with E-state index >= 15 is 0 Å². The van der Waals surface area contributed by atoms with Gasteiger partial charge in [-0.2, -0.15) is 0 Å². The first kappa shape index (κ1) is 16.5. The summed E-state index contributed by atoms with van der Waals surface area (Å²) in [7, 11) is 0. The average molecular weight is 341 g/mol. The van der Waals surface area contributed by atoms with E-state index in [-0.39, 0.29) is 10.9 Å². The van der Waals surface area contributed by atoms with Gasteiger partial charge in [-0.05, 0) is 23.8 Å². The quantitative estimate of drug-likeness (QED) is 0.780. The Balaban J connectivity index is 2.11. The minimum atomic E-state index is -0.487. The Bertz CT molecular complexity index is 830. The molecule has 2 amide bonds. The van der Waals surface area contributed by atoms with Gasteiger partial charge in [-0.15, -0.1) is 11.8 Å². The topological polar surface area (TPSA) is 37.4 Å². The van der Waals surface area contributed by atoms with Crippen LogP contribution >= 0.6 is 11.8 Å². The van der Waals surface area contributed by atoms with Gasteiger partial charge in [0, 0.05) is 5.25 Å². The van der Waals surface area contributed by atoms with Crippen molar-refractivity contribution >= 4 is 34.8 Å². The summed E-state index contributed by atoms with van der Waals surface area (Å²) >= 11 is 1.35.